The van der Waals surface area contributed by atoms with Crippen molar-refractivity contribution in [1.82, 2.24) is 5.32 Å². The Hall–Kier alpha value is -0.330. The van der Waals surface area contributed by atoms with Gasteiger partial charge in [0.25, 0.3) is 0 Å². The maximum absolute atomic E-state index is 12.0. The smallest absolute Gasteiger partial charge is 0.221 e. The van der Waals surface area contributed by atoms with Crippen molar-refractivity contribution in [3.63, 3.8) is 0 Å². The zero-order chi connectivity index (χ0) is 15.2. The number of amides is 1. The molecule has 0 saturated heterocycles. The molecule has 0 atom stereocenters. The van der Waals surface area contributed by atoms with Crippen molar-refractivity contribution in [3.05, 3.63) is 0 Å². The van der Waals surface area contributed by atoms with Crippen LogP contribution in [0.3, 0.4) is 0 Å². The van der Waals surface area contributed by atoms with E-state index < -0.39 is 9.84 Å². The van der Waals surface area contributed by atoms with E-state index in [2.05, 4.69) is 5.32 Å². The first kappa shape index (κ1) is 20.7. The van der Waals surface area contributed by atoms with Crippen LogP contribution in [0.4, 0.5) is 0 Å². The second-order valence-electron chi connectivity index (χ2n) is 5.87. The summed E-state index contributed by atoms with van der Waals surface area (Å²) in [4.78, 5) is 11.8. The highest BCUT2D eigenvalue weighted by Crippen LogP contribution is 2.25. The summed E-state index contributed by atoms with van der Waals surface area (Å²) in [5, 5.41) is 2.53. The Morgan fingerprint density at radius 1 is 1.24 bits per heavy atom. The lowest BCUT2D eigenvalue weighted by Crippen LogP contribution is -2.49. The number of carbonyl (C=O) groups excluding carboxylic acids is 1. The van der Waals surface area contributed by atoms with Gasteiger partial charge in [0, 0.05) is 18.5 Å². The summed E-state index contributed by atoms with van der Waals surface area (Å²) in [6, 6.07) is 0. The predicted octanol–water partition coefficient (Wildman–Crippen LogP) is 1.79. The summed E-state index contributed by atoms with van der Waals surface area (Å²) in [6.45, 7) is 4.38. The first-order valence-corrected chi connectivity index (χ1v) is 9.31. The van der Waals surface area contributed by atoms with Crippen LogP contribution in [0.25, 0.3) is 0 Å². The van der Waals surface area contributed by atoms with E-state index in [1.165, 1.54) is 0 Å². The van der Waals surface area contributed by atoms with E-state index >= 15 is 0 Å². The fourth-order valence-corrected chi connectivity index (χ4v) is 4.37. The summed E-state index contributed by atoms with van der Waals surface area (Å²) in [7, 11) is -3.11. The number of rotatable bonds is 8. The van der Waals surface area contributed by atoms with Crippen molar-refractivity contribution >= 4 is 28.2 Å². The first-order valence-electron chi connectivity index (χ1n) is 7.60. The van der Waals surface area contributed by atoms with Crippen LogP contribution in [-0.4, -0.2) is 37.4 Å². The average Bonchev–Trinajstić information content (AvgIpc) is 2.97. The van der Waals surface area contributed by atoms with Crippen LogP contribution >= 0.6 is 12.4 Å². The van der Waals surface area contributed by atoms with E-state index in [-0.39, 0.29) is 41.3 Å². The van der Waals surface area contributed by atoms with Gasteiger partial charge in [0.15, 0.2) is 9.84 Å². The van der Waals surface area contributed by atoms with Crippen LogP contribution in [0.1, 0.15) is 58.8 Å². The molecule has 1 saturated carbocycles. The van der Waals surface area contributed by atoms with Gasteiger partial charge in [-0.05, 0) is 25.7 Å². The highest BCUT2D eigenvalue weighted by molar-refractivity contribution is 7.92. The quantitative estimate of drug-likeness (QED) is 0.705. The zero-order valence-corrected chi connectivity index (χ0v) is 14.7. The SMILES string of the molecule is CCC(N)(CC)CNC(=O)CCS(=O)(=O)C1CCCC1.Cl. The molecule has 1 fully saturated rings. The third kappa shape index (κ3) is 6.53. The van der Waals surface area contributed by atoms with Gasteiger partial charge in [0.1, 0.15) is 0 Å². The van der Waals surface area contributed by atoms with Gasteiger partial charge in [-0.15, -0.1) is 12.4 Å². The highest BCUT2D eigenvalue weighted by Gasteiger charge is 2.29. The molecular formula is C14H29ClN2O3S. The van der Waals surface area contributed by atoms with Crippen molar-refractivity contribution in [2.75, 3.05) is 12.3 Å². The summed E-state index contributed by atoms with van der Waals surface area (Å²) in [6.07, 6.45) is 5.08. The Bertz CT molecular complexity index is 416. The molecule has 1 rings (SSSR count). The molecule has 126 valence electrons. The van der Waals surface area contributed by atoms with Gasteiger partial charge in [-0.3, -0.25) is 4.79 Å². The molecular weight excluding hydrogens is 312 g/mol. The van der Waals surface area contributed by atoms with Crippen LogP contribution in [0, 0.1) is 0 Å². The summed E-state index contributed by atoms with van der Waals surface area (Å²) >= 11 is 0. The highest BCUT2D eigenvalue weighted by atomic mass is 35.5. The summed E-state index contributed by atoms with van der Waals surface area (Å²) < 4.78 is 24.1. The molecule has 5 nitrogen and oxygen atoms in total. The second-order valence-corrected chi connectivity index (χ2v) is 8.27. The number of hydrogen-bond donors (Lipinski definition) is 2. The lowest BCUT2D eigenvalue weighted by Gasteiger charge is -2.26. The van der Waals surface area contributed by atoms with Gasteiger partial charge in [-0.1, -0.05) is 26.7 Å². The Labute approximate surface area is 134 Å². The van der Waals surface area contributed by atoms with E-state index in [1.807, 2.05) is 13.8 Å². The van der Waals surface area contributed by atoms with Gasteiger partial charge in [-0.2, -0.15) is 0 Å². The normalized spacial score (nSPS) is 16.5. The van der Waals surface area contributed by atoms with Crippen LogP contribution < -0.4 is 11.1 Å². The Morgan fingerprint density at radius 3 is 2.24 bits per heavy atom. The molecule has 0 aromatic rings. The monoisotopic (exact) mass is 340 g/mol. The maximum Gasteiger partial charge on any atom is 0.221 e. The molecule has 0 spiro atoms. The van der Waals surface area contributed by atoms with E-state index in [9.17, 15) is 13.2 Å². The van der Waals surface area contributed by atoms with Crippen molar-refractivity contribution in [1.29, 1.82) is 0 Å². The van der Waals surface area contributed by atoms with Crippen LogP contribution in [0.5, 0.6) is 0 Å². The van der Waals surface area contributed by atoms with Gasteiger partial charge >= 0.3 is 0 Å². The molecule has 0 radical (unpaired) electrons. The lowest BCUT2D eigenvalue weighted by atomic mass is 9.94. The number of halogens is 1. The third-order valence-electron chi connectivity index (χ3n) is 4.47. The van der Waals surface area contributed by atoms with Crippen LogP contribution in [-0.2, 0) is 14.6 Å². The lowest BCUT2D eigenvalue weighted by molar-refractivity contribution is -0.121. The molecule has 0 aromatic carbocycles. The van der Waals surface area contributed by atoms with Crippen molar-refractivity contribution < 1.29 is 13.2 Å². The standard InChI is InChI=1S/C14H28N2O3S.ClH/c1-3-14(15,4-2)11-16-13(17)9-10-20(18,19)12-7-5-6-8-12;/h12H,3-11,15H2,1-2H3,(H,16,17);1H. The molecule has 0 bridgehead atoms. The minimum atomic E-state index is -3.11. The first-order chi connectivity index (χ1) is 9.33. The number of sulfone groups is 1. The fraction of sp³-hybridized carbons (Fsp3) is 0.929. The molecule has 1 aliphatic rings. The Kier molecular flexibility index (Phi) is 8.81. The molecule has 0 aromatic heterocycles. The second kappa shape index (κ2) is 8.96. The third-order valence-corrected chi connectivity index (χ3v) is 6.73. The molecule has 1 aliphatic carbocycles. The Balaban J connectivity index is 0.00000400. The van der Waals surface area contributed by atoms with Gasteiger partial charge in [-0.25, -0.2) is 8.42 Å². The van der Waals surface area contributed by atoms with Crippen molar-refractivity contribution in [2.24, 2.45) is 5.73 Å². The van der Waals surface area contributed by atoms with Gasteiger partial charge in [0.2, 0.25) is 5.91 Å². The molecule has 21 heavy (non-hydrogen) atoms. The number of carbonyl (C=O) groups is 1. The minimum Gasteiger partial charge on any atom is -0.354 e. The summed E-state index contributed by atoms with van der Waals surface area (Å²) in [5.41, 5.74) is 5.70. The van der Waals surface area contributed by atoms with Gasteiger partial charge < -0.3 is 11.1 Å². The van der Waals surface area contributed by atoms with E-state index in [0.717, 1.165) is 38.5 Å². The molecule has 1 amide bonds. The fourth-order valence-electron chi connectivity index (χ4n) is 2.51. The number of nitrogens with two attached hydrogens (primary N) is 1. The predicted molar refractivity (Wildman–Crippen MR) is 88.4 cm³/mol. The van der Waals surface area contributed by atoms with Crippen LogP contribution in [0.2, 0.25) is 0 Å². The maximum atomic E-state index is 12.0. The zero-order valence-electron chi connectivity index (χ0n) is 13.1. The van der Waals surface area contributed by atoms with Crippen molar-refractivity contribution in [2.45, 2.75) is 69.6 Å². The minimum absolute atomic E-state index is 0. The van der Waals surface area contributed by atoms with Crippen LogP contribution in [0.15, 0.2) is 0 Å². The van der Waals surface area contributed by atoms with E-state index in [4.69, 9.17) is 5.73 Å². The topological polar surface area (TPSA) is 89.3 Å². The molecule has 0 heterocycles. The molecule has 7 heteroatoms. The van der Waals surface area contributed by atoms with Crippen molar-refractivity contribution in [3.8, 4) is 0 Å². The average molecular weight is 341 g/mol. The number of nitrogens with one attached hydrogen (secondary N) is 1. The Morgan fingerprint density at radius 2 is 1.76 bits per heavy atom. The molecule has 0 aliphatic heterocycles. The summed E-state index contributed by atoms with van der Waals surface area (Å²) in [5.74, 6) is -0.262. The van der Waals surface area contributed by atoms with E-state index in [1.54, 1.807) is 0 Å². The largest absolute Gasteiger partial charge is 0.354 e. The van der Waals surface area contributed by atoms with E-state index in [0.29, 0.717) is 6.54 Å². The number of hydrogen-bond acceptors (Lipinski definition) is 4. The molecule has 0 unspecified atom stereocenters. The molecule has 3 N–H and O–H groups in total. The van der Waals surface area contributed by atoms with Gasteiger partial charge in [0.05, 0.1) is 11.0 Å².